The molecule has 4 rings (SSSR count). The summed E-state index contributed by atoms with van der Waals surface area (Å²) in [5, 5.41) is 8.72. The first kappa shape index (κ1) is 21.1. The molecule has 154 valence electrons. The number of carboxylic acids is 1. The number of hydrogen-bond acceptors (Lipinski definition) is 3. The third kappa shape index (κ3) is 4.49. The second kappa shape index (κ2) is 8.37. The SMILES string of the molecule is CC1(C)C2CC(NS(=O)(=O)c3ccccc3)C(CC=CCCCC(=O)O)C1C2. The maximum Gasteiger partial charge on any atom is 0.303 e. The fraction of sp³-hybridized carbons (Fsp3) is 0.591. The van der Waals surface area contributed by atoms with E-state index in [0.29, 0.717) is 23.2 Å². The molecule has 0 amide bonds. The molecule has 4 unspecified atom stereocenters. The summed E-state index contributed by atoms with van der Waals surface area (Å²) in [7, 11) is -3.52. The van der Waals surface area contributed by atoms with Gasteiger partial charge in [-0.2, -0.15) is 0 Å². The molecule has 0 spiro atoms. The number of carboxylic acid groups (broad SMARTS) is 1. The normalized spacial score (nSPS) is 28.8. The van der Waals surface area contributed by atoms with Gasteiger partial charge in [-0.25, -0.2) is 13.1 Å². The number of benzene rings is 1. The smallest absolute Gasteiger partial charge is 0.303 e. The van der Waals surface area contributed by atoms with Crippen LogP contribution >= 0.6 is 0 Å². The second-order valence-electron chi connectivity index (χ2n) is 8.79. The number of nitrogens with one attached hydrogen (secondary N) is 1. The van der Waals surface area contributed by atoms with Gasteiger partial charge in [0.2, 0.25) is 10.0 Å². The maximum absolute atomic E-state index is 12.8. The lowest BCUT2D eigenvalue weighted by Crippen LogP contribution is -2.61. The Morgan fingerprint density at radius 1 is 1.21 bits per heavy atom. The molecule has 0 saturated heterocycles. The van der Waals surface area contributed by atoms with Gasteiger partial charge in [0, 0.05) is 12.5 Å². The summed E-state index contributed by atoms with van der Waals surface area (Å²) in [6, 6.07) is 8.52. The van der Waals surface area contributed by atoms with E-state index in [1.807, 2.05) is 12.1 Å². The molecule has 0 heterocycles. The maximum atomic E-state index is 12.8. The predicted molar refractivity (Wildman–Crippen MR) is 109 cm³/mol. The number of fused-ring (bicyclic) bond motifs is 2. The Morgan fingerprint density at radius 3 is 2.57 bits per heavy atom. The van der Waals surface area contributed by atoms with Gasteiger partial charge in [-0.05, 0) is 67.4 Å². The van der Waals surface area contributed by atoms with Crippen molar-refractivity contribution in [1.82, 2.24) is 4.72 Å². The van der Waals surface area contributed by atoms with Gasteiger partial charge < -0.3 is 5.11 Å². The Balaban J connectivity index is 1.67. The van der Waals surface area contributed by atoms with Crippen LogP contribution in [0, 0.1) is 23.2 Å². The summed E-state index contributed by atoms with van der Waals surface area (Å²) in [4.78, 5) is 10.9. The number of hydrogen-bond donors (Lipinski definition) is 2. The number of aliphatic carboxylic acids is 1. The lowest BCUT2D eigenvalue weighted by atomic mass is 9.44. The Bertz CT molecular complexity index is 816. The van der Waals surface area contributed by atoms with Crippen molar-refractivity contribution in [3.8, 4) is 0 Å². The fourth-order valence-corrected chi connectivity index (χ4v) is 6.34. The van der Waals surface area contributed by atoms with E-state index < -0.39 is 16.0 Å². The Kier molecular flexibility index (Phi) is 6.30. The van der Waals surface area contributed by atoms with Gasteiger partial charge in [0.15, 0.2) is 0 Å². The van der Waals surface area contributed by atoms with Gasteiger partial charge in [-0.15, -0.1) is 0 Å². The number of carbonyl (C=O) groups is 1. The molecule has 3 fully saturated rings. The van der Waals surface area contributed by atoms with Gasteiger partial charge in [0.1, 0.15) is 0 Å². The van der Waals surface area contributed by atoms with E-state index in [2.05, 4.69) is 24.6 Å². The van der Waals surface area contributed by atoms with Crippen molar-refractivity contribution < 1.29 is 18.3 Å². The highest BCUT2D eigenvalue weighted by atomic mass is 32.2. The van der Waals surface area contributed by atoms with Crippen LogP contribution in [-0.2, 0) is 14.8 Å². The van der Waals surface area contributed by atoms with Gasteiger partial charge >= 0.3 is 5.97 Å². The third-order valence-electron chi connectivity index (χ3n) is 6.81. The summed E-state index contributed by atoms with van der Waals surface area (Å²) in [5.74, 6) is 0.586. The van der Waals surface area contributed by atoms with E-state index in [1.165, 1.54) is 6.42 Å². The molecule has 1 aromatic carbocycles. The molecule has 3 saturated carbocycles. The van der Waals surface area contributed by atoms with Crippen molar-refractivity contribution in [2.24, 2.45) is 23.2 Å². The standard InChI is InChI=1S/C22H31NO4S/c1-22(2)16-14-19(22)18(12-8-3-4-9-13-21(24)25)20(15-16)23-28(26,27)17-10-6-5-7-11-17/h3,5-8,10-11,16,18-20,23H,4,9,12-15H2,1-2H3,(H,24,25). The molecule has 6 heteroatoms. The van der Waals surface area contributed by atoms with Crippen LogP contribution in [0.4, 0.5) is 0 Å². The molecular weight excluding hydrogens is 374 g/mol. The quantitative estimate of drug-likeness (QED) is 0.476. The molecule has 3 aliphatic carbocycles. The van der Waals surface area contributed by atoms with Crippen LogP contribution in [0.5, 0.6) is 0 Å². The zero-order chi connectivity index (χ0) is 20.4. The first-order valence-electron chi connectivity index (χ1n) is 10.2. The zero-order valence-electron chi connectivity index (χ0n) is 16.7. The number of unbranched alkanes of at least 4 members (excludes halogenated alkanes) is 1. The average molecular weight is 406 g/mol. The fourth-order valence-electron chi connectivity index (χ4n) is 5.02. The first-order chi connectivity index (χ1) is 13.2. The lowest BCUT2D eigenvalue weighted by Gasteiger charge is -2.62. The van der Waals surface area contributed by atoms with Crippen LogP contribution in [0.2, 0.25) is 0 Å². The van der Waals surface area contributed by atoms with Gasteiger partial charge in [-0.1, -0.05) is 44.2 Å². The summed E-state index contributed by atoms with van der Waals surface area (Å²) >= 11 is 0. The number of rotatable bonds is 9. The summed E-state index contributed by atoms with van der Waals surface area (Å²) in [6.45, 7) is 4.61. The Hall–Kier alpha value is -1.66. The minimum atomic E-state index is -3.52. The molecule has 3 aliphatic rings. The van der Waals surface area contributed by atoms with Crippen molar-refractivity contribution in [1.29, 1.82) is 0 Å². The zero-order valence-corrected chi connectivity index (χ0v) is 17.5. The number of allylic oxidation sites excluding steroid dienone is 2. The summed E-state index contributed by atoms with van der Waals surface area (Å²) in [5.41, 5.74) is 0.260. The summed E-state index contributed by atoms with van der Waals surface area (Å²) in [6.07, 6.45) is 8.61. The van der Waals surface area contributed by atoms with Gasteiger partial charge in [0.05, 0.1) is 4.90 Å². The Labute approximate surface area is 168 Å². The average Bonchev–Trinajstić information content (AvgIpc) is 2.65. The molecule has 4 atom stereocenters. The van der Waals surface area contributed by atoms with Crippen LogP contribution < -0.4 is 4.72 Å². The molecule has 5 nitrogen and oxygen atoms in total. The lowest BCUT2D eigenvalue weighted by molar-refractivity contribution is -0.137. The molecule has 2 bridgehead atoms. The Morgan fingerprint density at radius 2 is 1.93 bits per heavy atom. The van der Waals surface area contributed by atoms with Crippen molar-refractivity contribution in [2.75, 3.05) is 0 Å². The molecule has 0 radical (unpaired) electrons. The van der Waals surface area contributed by atoms with E-state index in [4.69, 9.17) is 5.11 Å². The summed E-state index contributed by atoms with van der Waals surface area (Å²) < 4.78 is 28.6. The minimum Gasteiger partial charge on any atom is -0.481 e. The molecule has 1 aromatic rings. The number of sulfonamides is 1. The predicted octanol–water partition coefficient (Wildman–Crippen LogP) is 4.22. The van der Waals surface area contributed by atoms with E-state index in [-0.39, 0.29) is 23.8 Å². The highest BCUT2D eigenvalue weighted by Crippen LogP contribution is 2.62. The molecular formula is C22H31NO4S. The molecule has 0 aromatic heterocycles. The molecule has 28 heavy (non-hydrogen) atoms. The monoisotopic (exact) mass is 405 g/mol. The molecule has 2 N–H and O–H groups in total. The van der Waals surface area contributed by atoms with E-state index >= 15 is 0 Å². The van der Waals surface area contributed by atoms with Crippen LogP contribution in [0.1, 0.15) is 52.4 Å². The highest BCUT2D eigenvalue weighted by molar-refractivity contribution is 7.89. The van der Waals surface area contributed by atoms with Crippen LogP contribution in [0.3, 0.4) is 0 Å². The van der Waals surface area contributed by atoms with Crippen molar-refractivity contribution in [2.45, 2.75) is 63.3 Å². The second-order valence-corrected chi connectivity index (χ2v) is 10.5. The molecule has 0 aliphatic heterocycles. The topological polar surface area (TPSA) is 83.5 Å². The van der Waals surface area contributed by atoms with E-state index in [1.54, 1.807) is 24.3 Å². The first-order valence-corrected chi connectivity index (χ1v) is 11.6. The largest absolute Gasteiger partial charge is 0.481 e. The third-order valence-corrected chi connectivity index (χ3v) is 8.32. The van der Waals surface area contributed by atoms with Crippen molar-refractivity contribution >= 4 is 16.0 Å². The highest BCUT2D eigenvalue weighted by Gasteiger charge is 2.57. The van der Waals surface area contributed by atoms with Crippen molar-refractivity contribution in [3.63, 3.8) is 0 Å². The van der Waals surface area contributed by atoms with Crippen LogP contribution in [0.15, 0.2) is 47.4 Å². The van der Waals surface area contributed by atoms with Gasteiger partial charge in [0.25, 0.3) is 0 Å². The van der Waals surface area contributed by atoms with Crippen LogP contribution in [0.25, 0.3) is 0 Å². The van der Waals surface area contributed by atoms with Crippen molar-refractivity contribution in [3.05, 3.63) is 42.5 Å². The van der Waals surface area contributed by atoms with Crippen LogP contribution in [-0.4, -0.2) is 25.5 Å². The van der Waals surface area contributed by atoms with E-state index in [9.17, 15) is 13.2 Å². The van der Waals surface area contributed by atoms with Gasteiger partial charge in [-0.3, -0.25) is 4.79 Å². The minimum absolute atomic E-state index is 0.0503. The van der Waals surface area contributed by atoms with E-state index in [0.717, 1.165) is 19.3 Å².